The quantitative estimate of drug-likeness (QED) is 0.853. The lowest BCUT2D eigenvalue weighted by molar-refractivity contribution is 0.0691. The van der Waals surface area contributed by atoms with Gasteiger partial charge in [0.05, 0.1) is 0 Å². The van der Waals surface area contributed by atoms with E-state index in [4.69, 9.17) is 5.11 Å². The summed E-state index contributed by atoms with van der Waals surface area (Å²) in [7, 11) is 0. The van der Waals surface area contributed by atoms with Gasteiger partial charge in [0.25, 0.3) is 0 Å². The van der Waals surface area contributed by atoms with Crippen molar-refractivity contribution in [3.05, 3.63) is 11.1 Å². The first kappa shape index (κ1) is 10.8. The van der Waals surface area contributed by atoms with Crippen molar-refractivity contribution in [1.29, 1.82) is 0 Å². The van der Waals surface area contributed by atoms with Crippen LogP contribution in [0, 0.1) is 0 Å². The number of hydrogen-bond donors (Lipinski definition) is 2. The lowest BCUT2D eigenvalue weighted by Crippen LogP contribution is -2.18. The molecule has 1 aromatic heterocycles. The Balaban J connectivity index is 1.96. The Kier molecular flexibility index (Phi) is 3.16. The second kappa shape index (κ2) is 4.40. The van der Waals surface area contributed by atoms with Gasteiger partial charge in [0, 0.05) is 22.4 Å². The molecule has 0 aliphatic carbocycles. The zero-order valence-corrected chi connectivity index (χ0v) is 9.90. The molecule has 0 amide bonds. The Bertz CT molecular complexity index is 367. The van der Waals surface area contributed by atoms with Crippen LogP contribution in [0.15, 0.2) is 5.38 Å². The van der Waals surface area contributed by atoms with Crippen molar-refractivity contribution in [2.24, 2.45) is 0 Å². The highest BCUT2D eigenvalue weighted by Crippen LogP contribution is 2.29. The summed E-state index contributed by atoms with van der Waals surface area (Å²) >= 11 is 3.29. The number of anilines is 1. The van der Waals surface area contributed by atoms with E-state index in [9.17, 15) is 4.79 Å². The average molecular weight is 244 g/mol. The van der Waals surface area contributed by atoms with E-state index >= 15 is 0 Å². The number of thioether (sulfide) groups is 1. The molecule has 1 aliphatic rings. The van der Waals surface area contributed by atoms with Crippen LogP contribution in [0.25, 0.3) is 0 Å². The summed E-state index contributed by atoms with van der Waals surface area (Å²) in [5.41, 5.74) is 0.126. The monoisotopic (exact) mass is 244 g/mol. The number of rotatable bonds is 3. The Morgan fingerprint density at radius 2 is 2.53 bits per heavy atom. The van der Waals surface area contributed by atoms with Crippen molar-refractivity contribution in [1.82, 2.24) is 4.98 Å². The molecule has 0 radical (unpaired) electrons. The summed E-state index contributed by atoms with van der Waals surface area (Å²) in [4.78, 5) is 14.6. The predicted octanol–water partition coefficient (Wildman–Crippen LogP) is 2.15. The number of aromatic nitrogens is 1. The molecule has 2 N–H and O–H groups in total. The molecule has 4 nitrogen and oxygen atoms in total. The molecule has 1 fully saturated rings. The van der Waals surface area contributed by atoms with Crippen molar-refractivity contribution in [2.45, 2.75) is 24.6 Å². The third kappa shape index (κ3) is 2.63. The summed E-state index contributed by atoms with van der Waals surface area (Å²) in [6.45, 7) is 2.21. The number of hydrogen-bond acceptors (Lipinski definition) is 5. The first-order valence-electron chi connectivity index (χ1n) is 4.72. The highest BCUT2D eigenvalue weighted by molar-refractivity contribution is 8.00. The van der Waals surface area contributed by atoms with Gasteiger partial charge in [0.15, 0.2) is 10.8 Å². The molecule has 2 rings (SSSR count). The number of carboxylic acids is 1. The largest absolute Gasteiger partial charge is 0.476 e. The van der Waals surface area contributed by atoms with Gasteiger partial charge in [-0.05, 0) is 6.42 Å². The zero-order chi connectivity index (χ0) is 10.8. The highest BCUT2D eigenvalue weighted by atomic mass is 32.2. The highest BCUT2D eigenvalue weighted by Gasteiger charge is 2.22. The van der Waals surface area contributed by atoms with Crippen LogP contribution in [-0.4, -0.2) is 33.1 Å². The van der Waals surface area contributed by atoms with Crippen LogP contribution in [0.4, 0.5) is 5.13 Å². The zero-order valence-electron chi connectivity index (χ0n) is 8.27. The molecule has 15 heavy (non-hydrogen) atoms. The standard InChI is InChI=1S/C9H12N2O2S2/c1-5-2-6(3-14-5)10-9-11-7(4-15-9)8(12)13/h4-6H,2-3H2,1H3,(H,10,11)(H,12,13). The molecule has 6 heteroatoms. The smallest absolute Gasteiger partial charge is 0.355 e. The Morgan fingerprint density at radius 1 is 1.73 bits per heavy atom. The second-order valence-corrected chi connectivity index (χ2v) is 5.89. The molecule has 0 aromatic carbocycles. The lowest BCUT2D eigenvalue weighted by atomic mass is 10.2. The van der Waals surface area contributed by atoms with Crippen LogP contribution in [0.3, 0.4) is 0 Å². The molecule has 2 unspecified atom stereocenters. The van der Waals surface area contributed by atoms with Crippen LogP contribution < -0.4 is 5.32 Å². The number of nitrogens with zero attached hydrogens (tertiary/aromatic N) is 1. The molecule has 0 saturated carbocycles. The average Bonchev–Trinajstić information content (AvgIpc) is 2.76. The van der Waals surface area contributed by atoms with E-state index in [0.717, 1.165) is 12.2 Å². The van der Waals surface area contributed by atoms with E-state index in [-0.39, 0.29) is 5.69 Å². The van der Waals surface area contributed by atoms with E-state index in [1.807, 2.05) is 11.8 Å². The van der Waals surface area contributed by atoms with Crippen LogP contribution >= 0.6 is 23.1 Å². The molecule has 2 heterocycles. The fourth-order valence-corrected chi connectivity index (χ4v) is 3.44. The van der Waals surface area contributed by atoms with Crippen LogP contribution in [0.1, 0.15) is 23.8 Å². The Labute approximate surface area is 96.1 Å². The number of carbonyl (C=O) groups is 1. The van der Waals surface area contributed by atoms with Gasteiger partial charge in [-0.25, -0.2) is 9.78 Å². The number of nitrogens with one attached hydrogen (secondary N) is 1. The molecule has 82 valence electrons. The van der Waals surface area contributed by atoms with Gasteiger partial charge in [0.1, 0.15) is 0 Å². The van der Waals surface area contributed by atoms with E-state index in [1.54, 1.807) is 5.38 Å². The summed E-state index contributed by atoms with van der Waals surface area (Å²) < 4.78 is 0. The summed E-state index contributed by atoms with van der Waals surface area (Å²) in [6.07, 6.45) is 1.12. The fraction of sp³-hybridized carbons (Fsp3) is 0.556. The third-order valence-corrected chi connectivity index (χ3v) is 4.38. The molecule has 2 atom stereocenters. The fourth-order valence-electron chi connectivity index (χ4n) is 1.53. The minimum atomic E-state index is -0.964. The molecule has 1 aliphatic heterocycles. The van der Waals surface area contributed by atoms with Crippen LogP contribution in [0.5, 0.6) is 0 Å². The van der Waals surface area contributed by atoms with Crippen LogP contribution in [0.2, 0.25) is 0 Å². The first-order valence-corrected chi connectivity index (χ1v) is 6.65. The normalized spacial score (nSPS) is 25.4. The number of thiazole rings is 1. The molecular weight excluding hydrogens is 232 g/mol. The molecule has 1 aromatic rings. The molecule has 1 saturated heterocycles. The summed E-state index contributed by atoms with van der Waals surface area (Å²) in [5.74, 6) is 0.108. The van der Waals surface area contributed by atoms with Crippen molar-refractivity contribution in [3.63, 3.8) is 0 Å². The van der Waals surface area contributed by atoms with E-state index < -0.39 is 5.97 Å². The molecule has 0 spiro atoms. The van der Waals surface area contributed by atoms with Gasteiger partial charge in [0.2, 0.25) is 0 Å². The minimum absolute atomic E-state index is 0.126. The third-order valence-electron chi connectivity index (χ3n) is 2.25. The van der Waals surface area contributed by atoms with Crippen molar-refractivity contribution >= 4 is 34.2 Å². The van der Waals surface area contributed by atoms with E-state index in [2.05, 4.69) is 17.2 Å². The maximum absolute atomic E-state index is 10.6. The topological polar surface area (TPSA) is 62.2 Å². The van der Waals surface area contributed by atoms with Crippen molar-refractivity contribution in [3.8, 4) is 0 Å². The van der Waals surface area contributed by atoms with Gasteiger partial charge < -0.3 is 10.4 Å². The molecular formula is C9H12N2O2S2. The summed E-state index contributed by atoms with van der Waals surface area (Å²) in [5, 5.41) is 14.9. The SMILES string of the molecule is CC1CC(Nc2nc(C(=O)O)cs2)CS1. The Hall–Kier alpha value is -0.750. The number of carboxylic acid groups (broad SMARTS) is 1. The predicted molar refractivity (Wildman–Crippen MR) is 63.0 cm³/mol. The Morgan fingerprint density at radius 3 is 3.07 bits per heavy atom. The maximum atomic E-state index is 10.6. The molecule has 0 bridgehead atoms. The number of aromatic carboxylic acids is 1. The van der Waals surface area contributed by atoms with Gasteiger partial charge in [-0.2, -0.15) is 11.8 Å². The van der Waals surface area contributed by atoms with Gasteiger partial charge >= 0.3 is 5.97 Å². The lowest BCUT2D eigenvalue weighted by Gasteiger charge is -2.09. The first-order chi connectivity index (χ1) is 7.15. The van der Waals surface area contributed by atoms with Crippen molar-refractivity contribution < 1.29 is 9.90 Å². The van der Waals surface area contributed by atoms with E-state index in [1.165, 1.54) is 11.3 Å². The van der Waals surface area contributed by atoms with Gasteiger partial charge in [-0.3, -0.25) is 0 Å². The summed E-state index contributed by atoms with van der Waals surface area (Å²) in [6, 6.07) is 0.429. The van der Waals surface area contributed by atoms with E-state index in [0.29, 0.717) is 16.4 Å². The minimum Gasteiger partial charge on any atom is -0.476 e. The van der Waals surface area contributed by atoms with Crippen LogP contribution in [-0.2, 0) is 0 Å². The van der Waals surface area contributed by atoms with Crippen molar-refractivity contribution in [2.75, 3.05) is 11.1 Å². The maximum Gasteiger partial charge on any atom is 0.355 e. The van der Waals surface area contributed by atoms with Gasteiger partial charge in [-0.15, -0.1) is 11.3 Å². The second-order valence-electron chi connectivity index (χ2n) is 3.56. The van der Waals surface area contributed by atoms with Gasteiger partial charge in [-0.1, -0.05) is 6.92 Å².